The molecule has 0 spiro atoms. The normalized spacial score (nSPS) is 13.5. The highest BCUT2D eigenvalue weighted by Gasteiger charge is 2.22. The van der Waals surface area contributed by atoms with Crippen molar-refractivity contribution in [2.24, 2.45) is 0 Å². The van der Waals surface area contributed by atoms with Gasteiger partial charge in [-0.05, 0) is 60.5 Å². The summed E-state index contributed by atoms with van der Waals surface area (Å²) in [5, 5.41) is 3.30. The van der Waals surface area contributed by atoms with E-state index in [1.165, 1.54) is 5.56 Å². The number of ether oxygens (including phenoxy) is 1. The molecule has 0 bridgehead atoms. The minimum atomic E-state index is -0.258. The van der Waals surface area contributed by atoms with Gasteiger partial charge in [-0.25, -0.2) is 0 Å². The van der Waals surface area contributed by atoms with Crippen LogP contribution in [-0.4, -0.2) is 49.5 Å². The van der Waals surface area contributed by atoms with E-state index in [0.717, 1.165) is 30.8 Å². The first-order valence-electron chi connectivity index (χ1n) is 11.4. The van der Waals surface area contributed by atoms with Crippen LogP contribution >= 0.6 is 11.6 Å². The molecule has 34 heavy (non-hydrogen) atoms. The third kappa shape index (κ3) is 5.88. The number of aryl methyl sites for hydroxylation is 1. The van der Waals surface area contributed by atoms with Crippen molar-refractivity contribution in [2.45, 2.75) is 13.3 Å². The Morgan fingerprint density at radius 3 is 2.24 bits per heavy atom. The van der Waals surface area contributed by atoms with Gasteiger partial charge in [0, 0.05) is 43.1 Å². The van der Waals surface area contributed by atoms with Crippen LogP contribution in [0.3, 0.4) is 0 Å². The molecule has 2 amide bonds. The SMILES string of the molecule is CCc1ccc(C(=O)N2CCN(c3ccc(NC(=O)COc4ccccc4Cl)cc3)CC2)cc1. The van der Waals surface area contributed by atoms with Crippen LogP contribution in [-0.2, 0) is 11.2 Å². The van der Waals surface area contributed by atoms with Crippen molar-refractivity contribution in [1.29, 1.82) is 0 Å². The monoisotopic (exact) mass is 477 g/mol. The predicted molar refractivity (Wildman–Crippen MR) is 136 cm³/mol. The Hall–Kier alpha value is -3.51. The number of hydrogen-bond acceptors (Lipinski definition) is 4. The van der Waals surface area contributed by atoms with Crippen molar-refractivity contribution in [3.8, 4) is 5.75 Å². The van der Waals surface area contributed by atoms with E-state index in [0.29, 0.717) is 29.5 Å². The number of nitrogens with zero attached hydrogens (tertiary/aromatic N) is 2. The number of rotatable bonds is 7. The summed E-state index contributed by atoms with van der Waals surface area (Å²) in [7, 11) is 0. The number of para-hydroxylation sites is 1. The van der Waals surface area contributed by atoms with Crippen molar-refractivity contribution in [3.05, 3.63) is 88.9 Å². The van der Waals surface area contributed by atoms with Crippen LogP contribution in [0.15, 0.2) is 72.8 Å². The summed E-state index contributed by atoms with van der Waals surface area (Å²) in [5.41, 5.74) is 3.73. The Kier molecular flexibility index (Phi) is 7.70. The van der Waals surface area contributed by atoms with Crippen LogP contribution in [0, 0.1) is 0 Å². The molecule has 176 valence electrons. The number of benzene rings is 3. The highest BCUT2D eigenvalue weighted by atomic mass is 35.5. The molecular weight excluding hydrogens is 450 g/mol. The van der Waals surface area contributed by atoms with E-state index in [2.05, 4.69) is 17.1 Å². The zero-order valence-electron chi connectivity index (χ0n) is 19.2. The number of carbonyl (C=O) groups excluding carboxylic acids is 2. The minimum absolute atomic E-state index is 0.0828. The van der Waals surface area contributed by atoms with Gasteiger partial charge in [-0.15, -0.1) is 0 Å². The second kappa shape index (κ2) is 11.1. The molecule has 1 aliphatic rings. The molecule has 0 atom stereocenters. The number of piperazine rings is 1. The van der Waals surface area contributed by atoms with Gasteiger partial charge in [0.15, 0.2) is 6.61 Å². The molecule has 1 fully saturated rings. The van der Waals surface area contributed by atoms with Crippen molar-refractivity contribution >= 4 is 34.8 Å². The molecule has 0 aliphatic carbocycles. The number of carbonyl (C=O) groups is 2. The van der Waals surface area contributed by atoms with Gasteiger partial charge in [-0.2, -0.15) is 0 Å². The largest absolute Gasteiger partial charge is 0.482 e. The average molecular weight is 478 g/mol. The topological polar surface area (TPSA) is 61.9 Å². The van der Waals surface area contributed by atoms with E-state index in [1.54, 1.807) is 24.3 Å². The molecule has 0 radical (unpaired) electrons. The van der Waals surface area contributed by atoms with Crippen molar-refractivity contribution < 1.29 is 14.3 Å². The molecule has 1 N–H and O–H groups in total. The lowest BCUT2D eigenvalue weighted by Crippen LogP contribution is -2.48. The molecule has 0 saturated carbocycles. The van der Waals surface area contributed by atoms with Gasteiger partial charge in [-0.3, -0.25) is 9.59 Å². The molecule has 3 aromatic rings. The van der Waals surface area contributed by atoms with Crippen LogP contribution < -0.4 is 15.0 Å². The van der Waals surface area contributed by atoms with Gasteiger partial charge in [0.25, 0.3) is 11.8 Å². The lowest BCUT2D eigenvalue weighted by molar-refractivity contribution is -0.118. The van der Waals surface area contributed by atoms with Crippen molar-refractivity contribution in [2.75, 3.05) is 43.0 Å². The maximum absolute atomic E-state index is 12.8. The van der Waals surface area contributed by atoms with Crippen LogP contribution in [0.1, 0.15) is 22.8 Å². The number of hydrogen-bond donors (Lipinski definition) is 1. The van der Waals surface area contributed by atoms with Gasteiger partial charge >= 0.3 is 0 Å². The standard InChI is InChI=1S/C27H28ClN3O3/c1-2-20-7-9-21(10-8-20)27(33)31-17-15-30(16-18-31)23-13-11-22(12-14-23)29-26(32)19-34-25-6-4-3-5-24(25)28/h3-14H,2,15-19H2,1H3,(H,29,32). The fraction of sp³-hybridized carbons (Fsp3) is 0.259. The molecule has 0 unspecified atom stereocenters. The first-order chi connectivity index (χ1) is 16.5. The van der Waals surface area contributed by atoms with Gasteiger partial charge in [0.05, 0.1) is 5.02 Å². The Morgan fingerprint density at radius 1 is 0.912 bits per heavy atom. The summed E-state index contributed by atoms with van der Waals surface area (Å²) >= 11 is 6.04. The summed E-state index contributed by atoms with van der Waals surface area (Å²) < 4.78 is 5.48. The Balaban J connectivity index is 1.26. The maximum atomic E-state index is 12.8. The maximum Gasteiger partial charge on any atom is 0.262 e. The van der Waals surface area contributed by atoms with E-state index in [1.807, 2.05) is 53.4 Å². The van der Waals surface area contributed by atoms with E-state index >= 15 is 0 Å². The number of halogens is 1. The summed E-state index contributed by atoms with van der Waals surface area (Å²) in [5.74, 6) is 0.302. The fourth-order valence-electron chi connectivity index (χ4n) is 3.89. The van der Waals surface area contributed by atoms with Gasteiger partial charge in [0.1, 0.15) is 5.75 Å². The second-order valence-corrected chi connectivity index (χ2v) is 8.55. The highest BCUT2D eigenvalue weighted by Crippen LogP contribution is 2.23. The summed E-state index contributed by atoms with van der Waals surface area (Å²) in [4.78, 5) is 29.2. The molecule has 6 nitrogen and oxygen atoms in total. The molecule has 1 aliphatic heterocycles. The molecular formula is C27H28ClN3O3. The molecule has 1 heterocycles. The summed E-state index contributed by atoms with van der Waals surface area (Å²) in [6.07, 6.45) is 0.964. The lowest BCUT2D eigenvalue weighted by atomic mass is 10.1. The molecule has 7 heteroatoms. The Bertz CT molecular complexity index is 1120. The Labute approximate surface area is 205 Å². The van der Waals surface area contributed by atoms with Crippen LogP contribution in [0.5, 0.6) is 5.75 Å². The smallest absolute Gasteiger partial charge is 0.262 e. The summed E-state index contributed by atoms with van der Waals surface area (Å²) in [6.45, 7) is 4.85. The average Bonchev–Trinajstić information content (AvgIpc) is 2.88. The zero-order valence-corrected chi connectivity index (χ0v) is 19.9. The van der Waals surface area contributed by atoms with E-state index in [9.17, 15) is 9.59 Å². The van der Waals surface area contributed by atoms with E-state index in [-0.39, 0.29) is 18.4 Å². The minimum Gasteiger partial charge on any atom is -0.482 e. The molecule has 4 rings (SSSR count). The predicted octanol–water partition coefficient (Wildman–Crippen LogP) is 4.88. The van der Waals surface area contributed by atoms with Crippen LogP contribution in [0.4, 0.5) is 11.4 Å². The summed E-state index contributed by atoms with van der Waals surface area (Å²) in [6, 6.07) is 22.6. The number of nitrogens with one attached hydrogen (secondary N) is 1. The quantitative estimate of drug-likeness (QED) is 0.526. The van der Waals surface area contributed by atoms with Crippen molar-refractivity contribution in [3.63, 3.8) is 0 Å². The number of anilines is 2. The first-order valence-corrected chi connectivity index (χ1v) is 11.8. The van der Waals surface area contributed by atoms with Crippen LogP contribution in [0.25, 0.3) is 0 Å². The van der Waals surface area contributed by atoms with Gasteiger partial charge < -0.3 is 19.9 Å². The van der Waals surface area contributed by atoms with Gasteiger partial charge in [0.2, 0.25) is 0 Å². The first kappa shape index (κ1) is 23.6. The molecule has 0 aromatic heterocycles. The zero-order chi connectivity index (χ0) is 23.9. The Morgan fingerprint density at radius 2 is 1.59 bits per heavy atom. The molecule has 3 aromatic carbocycles. The van der Waals surface area contributed by atoms with E-state index in [4.69, 9.17) is 16.3 Å². The number of amides is 2. The second-order valence-electron chi connectivity index (χ2n) is 8.14. The van der Waals surface area contributed by atoms with Crippen molar-refractivity contribution in [1.82, 2.24) is 4.90 Å². The molecule has 1 saturated heterocycles. The lowest BCUT2D eigenvalue weighted by Gasteiger charge is -2.36. The van der Waals surface area contributed by atoms with Gasteiger partial charge in [-0.1, -0.05) is 42.8 Å². The van der Waals surface area contributed by atoms with Crippen LogP contribution in [0.2, 0.25) is 5.02 Å². The van der Waals surface area contributed by atoms with E-state index < -0.39 is 0 Å². The third-order valence-electron chi connectivity index (χ3n) is 5.89. The third-order valence-corrected chi connectivity index (χ3v) is 6.20. The highest BCUT2D eigenvalue weighted by molar-refractivity contribution is 6.32. The fourth-order valence-corrected chi connectivity index (χ4v) is 4.08.